The van der Waals surface area contributed by atoms with Gasteiger partial charge in [-0.25, -0.2) is 4.39 Å². The van der Waals surface area contributed by atoms with Crippen LogP contribution in [0.4, 0.5) is 4.39 Å². The van der Waals surface area contributed by atoms with Gasteiger partial charge in [0.25, 0.3) is 0 Å². The van der Waals surface area contributed by atoms with Crippen LogP contribution in [0.15, 0.2) is 72.0 Å². The summed E-state index contributed by atoms with van der Waals surface area (Å²) in [6.07, 6.45) is 9.86. The van der Waals surface area contributed by atoms with Gasteiger partial charge in [-0.1, -0.05) is 48.3 Å². The van der Waals surface area contributed by atoms with Crippen molar-refractivity contribution in [3.8, 4) is 11.1 Å². The van der Waals surface area contributed by atoms with E-state index in [0.29, 0.717) is 0 Å². The lowest BCUT2D eigenvalue weighted by Crippen LogP contribution is -2.38. The Morgan fingerprint density at radius 2 is 1.94 bits per heavy atom. The van der Waals surface area contributed by atoms with Crippen molar-refractivity contribution in [3.63, 3.8) is 0 Å². The summed E-state index contributed by atoms with van der Waals surface area (Å²) in [6.45, 7) is 3.03. The van der Waals surface area contributed by atoms with Crippen LogP contribution in [-0.4, -0.2) is 37.1 Å². The minimum absolute atomic E-state index is 0.0908. The van der Waals surface area contributed by atoms with Crippen LogP contribution in [0.3, 0.4) is 0 Å². The van der Waals surface area contributed by atoms with Crippen LogP contribution in [0.25, 0.3) is 11.1 Å². The van der Waals surface area contributed by atoms with Crippen molar-refractivity contribution < 1.29 is 9.18 Å². The minimum Gasteiger partial charge on any atom is -0.381 e. The molecule has 0 saturated carbocycles. The molecule has 0 aromatic heterocycles. The largest absolute Gasteiger partial charge is 0.381 e. The molecule has 3 nitrogen and oxygen atoms in total. The van der Waals surface area contributed by atoms with Gasteiger partial charge in [-0.2, -0.15) is 0 Å². The highest BCUT2D eigenvalue weighted by atomic mass is 32.2. The van der Waals surface area contributed by atoms with Crippen molar-refractivity contribution in [2.45, 2.75) is 32.2 Å². The lowest BCUT2D eigenvalue weighted by atomic mass is 9.76. The van der Waals surface area contributed by atoms with Gasteiger partial charge in [0.15, 0.2) is 0 Å². The first-order chi connectivity index (χ1) is 15.0. The topological polar surface area (TPSA) is 32.3 Å². The Labute approximate surface area is 189 Å². The predicted octanol–water partition coefficient (Wildman–Crippen LogP) is 5.64. The molecule has 0 spiro atoms. The van der Waals surface area contributed by atoms with E-state index >= 15 is 0 Å². The summed E-state index contributed by atoms with van der Waals surface area (Å²) in [5, 5.41) is 0. The Kier molecular flexibility index (Phi) is 8.50. The number of carbonyl (C=O) groups is 1. The molecule has 0 bridgehead atoms. The second kappa shape index (κ2) is 11.3. The summed E-state index contributed by atoms with van der Waals surface area (Å²) in [7, 11) is 2.04. The molecular formula is C26H31FN2OS. The van der Waals surface area contributed by atoms with Gasteiger partial charge in [-0.15, -0.1) is 0 Å². The third-order valence-corrected chi connectivity index (χ3v) is 6.48. The SMILES string of the molecule is CCN(C)/C=C\C1=C(C=O)C(Cc2cccc(-c3cccc(F)c3)c2)C(NSC)CC1. The van der Waals surface area contributed by atoms with E-state index in [9.17, 15) is 9.18 Å². The van der Waals surface area contributed by atoms with Crippen LogP contribution in [0.1, 0.15) is 25.3 Å². The summed E-state index contributed by atoms with van der Waals surface area (Å²) in [6, 6.07) is 15.1. The first kappa shape index (κ1) is 23.3. The van der Waals surface area contributed by atoms with Crippen LogP contribution in [-0.2, 0) is 11.2 Å². The third-order valence-electron chi connectivity index (χ3n) is 5.95. The minimum atomic E-state index is -0.237. The Hall–Kier alpha value is -2.37. The number of rotatable bonds is 9. The molecule has 164 valence electrons. The van der Waals surface area contributed by atoms with Gasteiger partial charge in [0.05, 0.1) is 0 Å². The maximum Gasteiger partial charge on any atom is 0.146 e. The van der Waals surface area contributed by atoms with Gasteiger partial charge < -0.3 is 4.90 Å². The lowest BCUT2D eigenvalue weighted by Gasteiger charge is -2.33. The van der Waals surface area contributed by atoms with Gasteiger partial charge in [-0.05, 0) is 79.1 Å². The van der Waals surface area contributed by atoms with Crippen molar-refractivity contribution in [2.24, 2.45) is 5.92 Å². The second-order valence-corrected chi connectivity index (χ2v) is 8.62. The molecule has 2 unspecified atom stereocenters. The Morgan fingerprint density at radius 3 is 2.61 bits per heavy atom. The van der Waals surface area contributed by atoms with E-state index in [1.165, 1.54) is 6.07 Å². The molecule has 3 rings (SSSR count). The zero-order valence-electron chi connectivity index (χ0n) is 18.5. The maximum absolute atomic E-state index is 13.7. The number of benzene rings is 2. The fraction of sp³-hybridized carbons (Fsp3) is 0.346. The maximum atomic E-state index is 13.7. The molecule has 0 radical (unpaired) electrons. The fourth-order valence-electron chi connectivity index (χ4n) is 4.12. The summed E-state index contributed by atoms with van der Waals surface area (Å²) < 4.78 is 17.2. The van der Waals surface area contributed by atoms with Gasteiger partial charge in [0.2, 0.25) is 0 Å². The molecule has 1 N–H and O–H groups in total. The molecule has 1 aliphatic carbocycles. The monoisotopic (exact) mass is 438 g/mol. The number of nitrogens with zero attached hydrogens (tertiary/aromatic N) is 1. The van der Waals surface area contributed by atoms with Crippen LogP contribution >= 0.6 is 11.9 Å². The van der Waals surface area contributed by atoms with Crippen molar-refractivity contribution >= 4 is 18.2 Å². The zero-order valence-corrected chi connectivity index (χ0v) is 19.3. The summed E-state index contributed by atoms with van der Waals surface area (Å²) in [5.41, 5.74) is 5.01. The van der Waals surface area contributed by atoms with Crippen LogP contribution in [0.5, 0.6) is 0 Å². The van der Waals surface area contributed by atoms with Gasteiger partial charge in [0.1, 0.15) is 12.1 Å². The average molecular weight is 439 g/mol. The first-order valence-corrected chi connectivity index (χ1v) is 12.0. The standard InChI is InChI=1S/C26H31FN2OS/c1-4-29(2)14-13-20-11-12-26(28-31-3)24(25(20)18-30)16-19-7-5-8-21(15-19)22-9-6-10-23(27)17-22/h5-10,13-15,17-18,24,26,28H,4,11-12,16H2,1-3H3/b14-13-. The average Bonchev–Trinajstić information content (AvgIpc) is 2.79. The summed E-state index contributed by atoms with van der Waals surface area (Å²) in [5.74, 6) is -0.146. The van der Waals surface area contributed by atoms with Crippen molar-refractivity contribution in [1.29, 1.82) is 0 Å². The van der Waals surface area contributed by atoms with E-state index in [-0.39, 0.29) is 17.8 Å². The van der Waals surface area contributed by atoms with Crippen LogP contribution in [0.2, 0.25) is 0 Å². The molecule has 31 heavy (non-hydrogen) atoms. The summed E-state index contributed by atoms with van der Waals surface area (Å²) >= 11 is 1.60. The molecule has 1 aliphatic rings. The number of halogens is 1. The highest BCUT2D eigenvalue weighted by Gasteiger charge is 2.30. The van der Waals surface area contributed by atoms with Gasteiger partial charge >= 0.3 is 0 Å². The fourth-order valence-corrected chi connectivity index (χ4v) is 4.71. The predicted molar refractivity (Wildman–Crippen MR) is 129 cm³/mol. The van der Waals surface area contributed by atoms with Crippen molar-refractivity contribution in [2.75, 3.05) is 19.8 Å². The Bertz CT molecular complexity index is 956. The molecular weight excluding hydrogens is 407 g/mol. The van der Waals surface area contributed by atoms with E-state index in [2.05, 4.69) is 41.0 Å². The Balaban J connectivity index is 1.92. The van der Waals surface area contributed by atoms with E-state index in [1.54, 1.807) is 24.1 Å². The molecule has 2 aromatic rings. The smallest absolute Gasteiger partial charge is 0.146 e. The molecule has 2 atom stereocenters. The van der Waals surface area contributed by atoms with Crippen molar-refractivity contribution in [3.05, 3.63) is 83.3 Å². The van der Waals surface area contributed by atoms with Crippen LogP contribution < -0.4 is 4.72 Å². The number of hydrogen-bond donors (Lipinski definition) is 1. The third kappa shape index (κ3) is 6.08. The zero-order chi connectivity index (χ0) is 22.2. The highest BCUT2D eigenvalue weighted by molar-refractivity contribution is 7.96. The summed E-state index contributed by atoms with van der Waals surface area (Å²) in [4.78, 5) is 14.3. The highest BCUT2D eigenvalue weighted by Crippen LogP contribution is 2.34. The molecule has 0 aliphatic heterocycles. The van der Waals surface area contributed by atoms with Gasteiger partial charge in [0, 0.05) is 31.1 Å². The molecule has 0 heterocycles. The number of carbonyl (C=O) groups excluding carboxylic acids is 1. The lowest BCUT2D eigenvalue weighted by molar-refractivity contribution is -0.105. The molecule has 0 saturated heterocycles. The number of allylic oxidation sites excluding steroid dienone is 2. The number of aldehydes is 1. The van der Waals surface area contributed by atoms with E-state index in [4.69, 9.17) is 0 Å². The van der Waals surface area contributed by atoms with Crippen molar-refractivity contribution in [1.82, 2.24) is 9.62 Å². The van der Waals surface area contributed by atoms with Gasteiger partial charge in [-0.3, -0.25) is 9.52 Å². The van der Waals surface area contributed by atoms with E-state index in [0.717, 1.165) is 59.9 Å². The molecule has 0 amide bonds. The van der Waals surface area contributed by atoms with E-state index < -0.39 is 0 Å². The molecule has 0 fully saturated rings. The normalized spacial score (nSPS) is 19.1. The molecule has 2 aromatic carbocycles. The van der Waals surface area contributed by atoms with Crippen LogP contribution in [0, 0.1) is 11.7 Å². The quantitative estimate of drug-likeness (QED) is 0.405. The second-order valence-electron chi connectivity index (χ2n) is 7.98. The number of hydrogen-bond acceptors (Lipinski definition) is 4. The molecule has 5 heteroatoms. The number of nitrogens with one attached hydrogen (secondary N) is 1. The Morgan fingerprint density at radius 1 is 1.19 bits per heavy atom. The van der Waals surface area contributed by atoms with E-state index in [1.807, 2.05) is 31.5 Å². The first-order valence-electron chi connectivity index (χ1n) is 10.8.